The van der Waals surface area contributed by atoms with Crippen LogP contribution in [-0.4, -0.2) is 25.0 Å². The van der Waals surface area contributed by atoms with Gasteiger partial charge in [-0.25, -0.2) is 0 Å². The minimum absolute atomic E-state index is 0.924. The maximum Gasteiger partial charge on any atom is 0.118 e. The van der Waals surface area contributed by atoms with Gasteiger partial charge in [-0.15, -0.1) is 0 Å². The normalized spacial score (nSPS) is 27.9. The van der Waals surface area contributed by atoms with Crippen LogP contribution >= 0.6 is 0 Å². The number of hydrogen-bond acceptors (Lipinski definition) is 3. The fourth-order valence-electron chi connectivity index (χ4n) is 4.34. The summed E-state index contributed by atoms with van der Waals surface area (Å²) in [5.74, 6) is 4.11. The molecular weight excluding hydrogens is 260 g/mol. The van der Waals surface area contributed by atoms with Crippen molar-refractivity contribution in [2.24, 2.45) is 17.8 Å². The summed E-state index contributed by atoms with van der Waals surface area (Å²) in [6, 6.07) is 2.21. The molecule has 0 aliphatic heterocycles. The van der Waals surface area contributed by atoms with Crippen molar-refractivity contribution in [2.75, 3.05) is 20.1 Å². The zero-order valence-corrected chi connectivity index (χ0v) is 13.6. The van der Waals surface area contributed by atoms with E-state index in [1.54, 1.807) is 0 Å². The third-order valence-electron chi connectivity index (χ3n) is 5.32. The van der Waals surface area contributed by atoms with E-state index in [1.165, 1.54) is 44.2 Å². The van der Waals surface area contributed by atoms with Gasteiger partial charge in [-0.1, -0.05) is 13.3 Å². The highest BCUT2D eigenvalue weighted by atomic mass is 16.3. The average Bonchev–Trinajstić information content (AvgIpc) is 3.16. The Bertz CT molecular complexity index is 442. The zero-order valence-electron chi connectivity index (χ0n) is 13.6. The molecule has 1 aromatic heterocycles. The highest BCUT2D eigenvalue weighted by molar-refractivity contribution is 5.12. The van der Waals surface area contributed by atoms with Gasteiger partial charge in [0.15, 0.2) is 0 Å². The average molecular weight is 290 g/mol. The van der Waals surface area contributed by atoms with Crippen molar-refractivity contribution in [3.05, 3.63) is 23.7 Å². The van der Waals surface area contributed by atoms with Gasteiger partial charge in [-0.05, 0) is 63.1 Å². The molecule has 3 nitrogen and oxygen atoms in total. The molecule has 2 fully saturated rings. The van der Waals surface area contributed by atoms with Gasteiger partial charge in [-0.3, -0.25) is 4.90 Å². The van der Waals surface area contributed by atoms with Crippen molar-refractivity contribution in [3.63, 3.8) is 0 Å². The standard InChI is InChI=1S/C18H30N2O/c1-3-6-19-10-15-9-18(21-13-15)12-20(2)11-17-8-14-4-5-16(17)7-14/h9,13-14,16-17,19H,3-8,10-12H2,1-2H3. The van der Waals surface area contributed by atoms with Crippen LogP contribution in [0.5, 0.6) is 0 Å². The lowest BCUT2D eigenvalue weighted by Crippen LogP contribution is -2.28. The first-order valence-electron chi connectivity index (χ1n) is 8.70. The van der Waals surface area contributed by atoms with E-state index in [4.69, 9.17) is 4.42 Å². The van der Waals surface area contributed by atoms with E-state index in [0.717, 1.165) is 43.1 Å². The molecular formula is C18H30N2O. The summed E-state index contributed by atoms with van der Waals surface area (Å²) in [4.78, 5) is 2.45. The van der Waals surface area contributed by atoms with Gasteiger partial charge in [0.25, 0.3) is 0 Å². The molecule has 3 rings (SSSR count). The van der Waals surface area contributed by atoms with Crippen molar-refractivity contribution >= 4 is 0 Å². The molecule has 2 aliphatic carbocycles. The first-order chi connectivity index (χ1) is 10.2. The van der Waals surface area contributed by atoms with Crippen LogP contribution < -0.4 is 5.32 Å². The Balaban J connectivity index is 1.43. The molecule has 0 spiro atoms. The SMILES string of the molecule is CCCNCc1coc(CN(C)CC2CC3CCC2C3)c1. The molecule has 3 heteroatoms. The maximum absolute atomic E-state index is 5.71. The van der Waals surface area contributed by atoms with Crippen LogP contribution in [0.25, 0.3) is 0 Å². The maximum atomic E-state index is 5.71. The number of hydrogen-bond donors (Lipinski definition) is 1. The van der Waals surface area contributed by atoms with Crippen molar-refractivity contribution in [1.29, 1.82) is 0 Å². The van der Waals surface area contributed by atoms with Gasteiger partial charge in [0.1, 0.15) is 5.76 Å². The second-order valence-electron chi connectivity index (χ2n) is 7.23. The molecule has 2 aliphatic rings. The lowest BCUT2D eigenvalue weighted by Gasteiger charge is -2.26. The predicted molar refractivity (Wildman–Crippen MR) is 86.0 cm³/mol. The lowest BCUT2D eigenvalue weighted by atomic mass is 9.88. The second kappa shape index (κ2) is 6.97. The van der Waals surface area contributed by atoms with Crippen LogP contribution in [0.1, 0.15) is 50.4 Å². The quantitative estimate of drug-likeness (QED) is 0.741. The Morgan fingerprint density at radius 2 is 2.24 bits per heavy atom. The lowest BCUT2D eigenvalue weighted by molar-refractivity contribution is 0.204. The van der Waals surface area contributed by atoms with Gasteiger partial charge in [0, 0.05) is 18.7 Å². The first-order valence-corrected chi connectivity index (χ1v) is 8.70. The molecule has 0 saturated heterocycles. The molecule has 1 heterocycles. The Labute approximate surface area is 129 Å². The third-order valence-corrected chi connectivity index (χ3v) is 5.32. The van der Waals surface area contributed by atoms with Crippen molar-refractivity contribution < 1.29 is 4.42 Å². The third kappa shape index (κ3) is 3.89. The minimum Gasteiger partial charge on any atom is -0.468 e. The number of fused-ring (bicyclic) bond motifs is 2. The highest BCUT2D eigenvalue weighted by Crippen LogP contribution is 2.48. The van der Waals surface area contributed by atoms with E-state index in [9.17, 15) is 0 Å². The fourth-order valence-corrected chi connectivity index (χ4v) is 4.34. The molecule has 0 amide bonds. The van der Waals surface area contributed by atoms with Crippen LogP contribution in [0.3, 0.4) is 0 Å². The minimum atomic E-state index is 0.924. The fraction of sp³-hybridized carbons (Fsp3) is 0.778. The summed E-state index contributed by atoms with van der Waals surface area (Å²) < 4.78 is 5.71. The number of nitrogens with one attached hydrogen (secondary N) is 1. The van der Waals surface area contributed by atoms with E-state index < -0.39 is 0 Å². The van der Waals surface area contributed by atoms with Crippen LogP contribution in [0, 0.1) is 17.8 Å². The van der Waals surface area contributed by atoms with Gasteiger partial charge in [0.2, 0.25) is 0 Å². The van der Waals surface area contributed by atoms with E-state index >= 15 is 0 Å². The Hall–Kier alpha value is -0.800. The van der Waals surface area contributed by atoms with Gasteiger partial charge in [-0.2, -0.15) is 0 Å². The molecule has 0 radical (unpaired) electrons. The molecule has 3 unspecified atom stereocenters. The molecule has 1 aromatic rings. The molecule has 118 valence electrons. The van der Waals surface area contributed by atoms with Crippen molar-refractivity contribution in [3.8, 4) is 0 Å². The Morgan fingerprint density at radius 1 is 1.33 bits per heavy atom. The summed E-state index contributed by atoms with van der Waals surface area (Å²) in [6.45, 7) is 6.38. The Kier molecular flexibility index (Phi) is 5.02. The summed E-state index contributed by atoms with van der Waals surface area (Å²) in [5, 5.41) is 3.42. The molecule has 3 atom stereocenters. The van der Waals surface area contributed by atoms with Gasteiger partial charge < -0.3 is 9.73 Å². The van der Waals surface area contributed by atoms with Crippen molar-refractivity contribution in [1.82, 2.24) is 10.2 Å². The van der Waals surface area contributed by atoms with E-state index in [2.05, 4.69) is 30.3 Å². The zero-order chi connectivity index (χ0) is 14.7. The molecule has 2 saturated carbocycles. The molecule has 1 N–H and O–H groups in total. The molecule has 21 heavy (non-hydrogen) atoms. The predicted octanol–water partition coefficient (Wildman–Crippen LogP) is 3.65. The van der Waals surface area contributed by atoms with E-state index in [-0.39, 0.29) is 0 Å². The monoisotopic (exact) mass is 290 g/mol. The highest BCUT2D eigenvalue weighted by Gasteiger charge is 2.39. The van der Waals surface area contributed by atoms with Gasteiger partial charge in [0.05, 0.1) is 12.8 Å². The summed E-state index contributed by atoms with van der Waals surface area (Å²) in [6.07, 6.45) is 9.04. The first kappa shape index (κ1) is 15.1. The smallest absolute Gasteiger partial charge is 0.118 e. The topological polar surface area (TPSA) is 28.4 Å². The Morgan fingerprint density at radius 3 is 2.95 bits per heavy atom. The van der Waals surface area contributed by atoms with Crippen LogP contribution in [-0.2, 0) is 13.1 Å². The molecule has 0 aromatic carbocycles. The largest absolute Gasteiger partial charge is 0.468 e. The van der Waals surface area contributed by atoms with Crippen LogP contribution in [0.2, 0.25) is 0 Å². The number of nitrogens with zero attached hydrogens (tertiary/aromatic N) is 1. The number of rotatable bonds is 8. The van der Waals surface area contributed by atoms with Crippen molar-refractivity contribution in [2.45, 2.75) is 52.1 Å². The summed E-state index contributed by atoms with van der Waals surface area (Å²) in [5.41, 5.74) is 1.27. The van der Waals surface area contributed by atoms with E-state index in [1.807, 2.05) is 6.26 Å². The second-order valence-corrected chi connectivity index (χ2v) is 7.23. The summed E-state index contributed by atoms with van der Waals surface area (Å²) in [7, 11) is 2.24. The van der Waals surface area contributed by atoms with Gasteiger partial charge >= 0.3 is 0 Å². The van der Waals surface area contributed by atoms with Crippen LogP contribution in [0.15, 0.2) is 16.7 Å². The van der Waals surface area contributed by atoms with Crippen LogP contribution in [0.4, 0.5) is 0 Å². The number of furan rings is 1. The van der Waals surface area contributed by atoms with E-state index in [0.29, 0.717) is 0 Å². The molecule has 2 bridgehead atoms. The summed E-state index contributed by atoms with van der Waals surface area (Å²) >= 11 is 0.